The average molecular weight is 466 g/mol. The number of phenols is 5. The van der Waals surface area contributed by atoms with Gasteiger partial charge in [0.15, 0.2) is 35.2 Å². The van der Waals surface area contributed by atoms with Crippen LogP contribution in [0.1, 0.15) is 45.5 Å². The number of benzene rings is 3. The van der Waals surface area contributed by atoms with Crippen molar-refractivity contribution < 1.29 is 49.7 Å². The molecule has 0 fully saturated rings. The number of aromatic hydroxyl groups is 5. The first-order valence-electron chi connectivity index (χ1n) is 10.2. The lowest BCUT2D eigenvalue weighted by Gasteiger charge is -2.35. The summed E-state index contributed by atoms with van der Waals surface area (Å²) in [5.41, 5.74) is 0.495. The van der Waals surface area contributed by atoms with Crippen LogP contribution in [0.4, 0.5) is 0 Å². The van der Waals surface area contributed by atoms with Gasteiger partial charge < -0.3 is 40.1 Å². The van der Waals surface area contributed by atoms with Gasteiger partial charge in [0.1, 0.15) is 22.8 Å². The van der Waals surface area contributed by atoms with Gasteiger partial charge in [-0.1, -0.05) is 12.1 Å². The zero-order valence-corrected chi connectivity index (χ0v) is 17.3. The molecule has 174 valence electrons. The van der Waals surface area contributed by atoms with Crippen LogP contribution in [0, 0.1) is 0 Å². The molecule has 0 aromatic heterocycles. The number of phenolic OH excluding ortho intramolecular Hbond substituents is 5. The standard InChI is InChI=1S/C24H18O10/c25-12-3-1-9(5-14(12)27)11-7-18(30)33-17-8-16(29)20-21(31)22(32)23(34-24(20)19(11)17)10-2-4-13(26)15(28)6-10/h1-6,8,11,22-23,25-29,32H,7H2/t11-,22+,23+/m0/s1. The molecule has 10 nitrogen and oxygen atoms in total. The largest absolute Gasteiger partial charge is 0.507 e. The molecule has 0 saturated heterocycles. The molecule has 0 unspecified atom stereocenters. The molecule has 0 bridgehead atoms. The van der Waals surface area contributed by atoms with E-state index >= 15 is 0 Å². The number of ether oxygens (including phenoxy) is 2. The Kier molecular flexibility index (Phi) is 4.76. The molecule has 0 spiro atoms. The van der Waals surface area contributed by atoms with Gasteiger partial charge in [-0.05, 0) is 35.4 Å². The smallest absolute Gasteiger partial charge is 0.312 e. The predicted molar refractivity (Wildman–Crippen MR) is 113 cm³/mol. The number of esters is 1. The van der Waals surface area contributed by atoms with Crippen molar-refractivity contribution in [2.24, 2.45) is 0 Å². The number of carbonyl (C=O) groups is 2. The molecule has 0 saturated carbocycles. The van der Waals surface area contributed by atoms with Crippen molar-refractivity contribution in [3.63, 3.8) is 0 Å². The van der Waals surface area contributed by atoms with E-state index in [0.29, 0.717) is 5.56 Å². The van der Waals surface area contributed by atoms with Gasteiger partial charge in [0.25, 0.3) is 0 Å². The average Bonchev–Trinajstić information content (AvgIpc) is 2.78. The van der Waals surface area contributed by atoms with Crippen LogP contribution < -0.4 is 9.47 Å². The molecule has 2 aliphatic heterocycles. The summed E-state index contributed by atoms with van der Waals surface area (Å²) in [6.07, 6.45) is -3.26. The minimum atomic E-state index is -1.75. The number of aliphatic hydroxyl groups is 1. The predicted octanol–water partition coefficient (Wildman–Crippen LogP) is 2.33. The van der Waals surface area contributed by atoms with Crippen molar-refractivity contribution in [1.82, 2.24) is 0 Å². The van der Waals surface area contributed by atoms with E-state index in [4.69, 9.17) is 9.47 Å². The normalized spacial score (nSPS) is 21.3. The number of hydrogen-bond donors (Lipinski definition) is 6. The second-order valence-electron chi connectivity index (χ2n) is 8.09. The van der Waals surface area contributed by atoms with Crippen LogP contribution >= 0.6 is 0 Å². The van der Waals surface area contributed by atoms with Crippen LogP contribution in [0.15, 0.2) is 42.5 Å². The molecule has 0 radical (unpaired) electrons. The Labute approximate surface area is 191 Å². The van der Waals surface area contributed by atoms with E-state index in [1.54, 1.807) is 0 Å². The van der Waals surface area contributed by atoms with E-state index in [-0.39, 0.29) is 40.4 Å². The second kappa shape index (κ2) is 7.56. The maximum absolute atomic E-state index is 13.1. The Morgan fingerprint density at radius 2 is 1.38 bits per heavy atom. The second-order valence-corrected chi connectivity index (χ2v) is 8.09. The lowest BCUT2D eigenvalue weighted by molar-refractivity contribution is -0.135. The molecule has 34 heavy (non-hydrogen) atoms. The third-order valence-corrected chi connectivity index (χ3v) is 5.98. The van der Waals surface area contributed by atoms with Crippen molar-refractivity contribution >= 4 is 11.8 Å². The van der Waals surface area contributed by atoms with Crippen molar-refractivity contribution in [3.05, 3.63) is 64.7 Å². The zero-order valence-electron chi connectivity index (χ0n) is 17.3. The third kappa shape index (κ3) is 3.23. The summed E-state index contributed by atoms with van der Waals surface area (Å²) >= 11 is 0. The highest BCUT2D eigenvalue weighted by atomic mass is 16.5. The Hall–Kier alpha value is -4.44. The van der Waals surface area contributed by atoms with Crippen molar-refractivity contribution in [2.45, 2.75) is 24.5 Å². The monoisotopic (exact) mass is 466 g/mol. The van der Waals surface area contributed by atoms with Crippen molar-refractivity contribution in [1.29, 1.82) is 0 Å². The molecular formula is C24H18O10. The number of ketones is 1. The highest BCUT2D eigenvalue weighted by molar-refractivity contribution is 6.06. The van der Waals surface area contributed by atoms with E-state index in [9.17, 15) is 40.2 Å². The highest BCUT2D eigenvalue weighted by Crippen LogP contribution is 2.52. The first-order valence-corrected chi connectivity index (χ1v) is 10.2. The van der Waals surface area contributed by atoms with Gasteiger partial charge in [0.2, 0.25) is 5.78 Å². The molecule has 2 aliphatic rings. The van der Waals surface area contributed by atoms with Gasteiger partial charge in [0, 0.05) is 17.5 Å². The summed E-state index contributed by atoms with van der Waals surface area (Å²) in [6, 6.07) is 8.72. The topological polar surface area (TPSA) is 174 Å². The van der Waals surface area contributed by atoms with E-state index in [2.05, 4.69) is 0 Å². The molecule has 3 aromatic rings. The molecular weight excluding hydrogens is 448 g/mol. The quantitative estimate of drug-likeness (QED) is 0.187. The van der Waals surface area contributed by atoms with Crippen molar-refractivity contribution in [3.8, 4) is 40.2 Å². The minimum absolute atomic E-state index is 0.0680. The number of aliphatic hydroxyl groups excluding tert-OH is 1. The molecule has 6 N–H and O–H groups in total. The van der Waals surface area contributed by atoms with Crippen LogP contribution in [-0.2, 0) is 4.79 Å². The molecule has 3 aromatic carbocycles. The van der Waals surface area contributed by atoms with Crippen LogP contribution in [0.3, 0.4) is 0 Å². The zero-order chi connectivity index (χ0) is 24.3. The highest BCUT2D eigenvalue weighted by Gasteiger charge is 2.44. The summed E-state index contributed by atoms with van der Waals surface area (Å²) in [5.74, 6) is -4.72. The molecule has 3 atom stereocenters. The van der Waals surface area contributed by atoms with E-state index in [0.717, 1.165) is 12.1 Å². The number of fused-ring (bicyclic) bond motifs is 3. The van der Waals surface area contributed by atoms with Gasteiger partial charge in [-0.25, -0.2) is 0 Å². The van der Waals surface area contributed by atoms with E-state index < -0.39 is 52.9 Å². The summed E-state index contributed by atoms with van der Waals surface area (Å²) in [7, 11) is 0. The maximum atomic E-state index is 13.1. The summed E-state index contributed by atoms with van der Waals surface area (Å²) in [5, 5.41) is 60.3. The minimum Gasteiger partial charge on any atom is -0.507 e. The SMILES string of the molecule is O=C1C[C@@H](c2ccc(O)c(O)c2)c2c(cc(O)c3c2O[C@H](c2ccc(O)c(O)c2)[C@H](O)C3=O)O1. The van der Waals surface area contributed by atoms with E-state index in [1.807, 2.05) is 0 Å². The van der Waals surface area contributed by atoms with Gasteiger partial charge in [-0.15, -0.1) is 0 Å². The molecule has 10 heteroatoms. The summed E-state index contributed by atoms with van der Waals surface area (Å²) in [4.78, 5) is 25.4. The first-order chi connectivity index (χ1) is 16.2. The maximum Gasteiger partial charge on any atom is 0.312 e. The molecule has 0 amide bonds. The molecule has 2 heterocycles. The third-order valence-electron chi connectivity index (χ3n) is 5.98. The Balaban J connectivity index is 1.71. The first kappa shape index (κ1) is 21.4. The van der Waals surface area contributed by atoms with Gasteiger partial charge in [-0.2, -0.15) is 0 Å². The number of hydrogen-bond acceptors (Lipinski definition) is 10. The molecule has 0 aliphatic carbocycles. The van der Waals surface area contributed by atoms with Crippen molar-refractivity contribution in [2.75, 3.05) is 0 Å². The van der Waals surface area contributed by atoms with Crippen LogP contribution in [0.2, 0.25) is 0 Å². The fraction of sp³-hybridized carbons (Fsp3) is 0.167. The van der Waals surface area contributed by atoms with Crippen LogP contribution in [0.25, 0.3) is 0 Å². The Morgan fingerprint density at radius 3 is 2.03 bits per heavy atom. The number of rotatable bonds is 2. The number of carbonyl (C=O) groups excluding carboxylic acids is 2. The lowest BCUT2D eigenvalue weighted by Crippen LogP contribution is -2.37. The Morgan fingerprint density at radius 1 is 0.765 bits per heavy atom. The lowest BCUT2D eigenvalue weighted by atomic mass is 9.82. The van der Waals surface area contributed by atoms with Crippen LogP contribution in [0.5, 0.6) is 40.2 Å². The van der Waals surface area contributed by atoms with Gasteiger partial charge >= 0.3 is 5.97 Å². The molecule has 5 rings (SSSR count). The Bertz CT molecular complexity index is 1360. The van der Waals surface area contributed by atoms with E-state index in [1.165, 1.54) is 30.3 Å². The van der Waals surface area contributed by atoms with Crippen LogP contribution in [-0.4, -0.2) is 48.5 Å². The fourth-order valence-electron chi connectivity index (χ4n) is 4.33. The summed E-state index contributed by atoms with van der Waals surface area (Å²) in [6.45, 7) is 0. The fourth-order valence-corrected chi connectivity index (χ4v) is 4.33. The summed E-state index contributed by atoms with van der Waals surface area (Å²) < 4.78 is 11.3. The number of Topliss-reactive ketones (excluding diaryl/α,β-unsaturated/α-hetero) is 1. The van der Waals surface area contributed by atoms with Gasteiger partial charge in [-0.3, -0.25) is 9.59 Å². The van der Waals surface area contributed by atoms with Gasteiger partial charge in [0.05, 0.1) is 6.42 Å².